The quantitative estimate of drug-likeness (QED) is 0.688. The highest BCUT2D eigenvalue weighted by molar-refractivity contribution is 5.97. The van der Waals surface area contributed by atoms with Crippen LogP contribution in [0.15, 0.2) is 36.5 Å². The van der Waals surface area contributed by atoms with Gasteiger partial charge in [0.25, 0.3) is 5.91 Å². The van der Waals surface area contributed by atoms with E-state index < -0.39 is 5.97 Å². The van der Waals surface area contributed by atoms with E-state index in [1.807, 2.05) is 18.2 Å². The van der Waals surface area contributed by atoms with E-state index in [1.165, 1.54) is 24.8 Å². The molecule has 1 aliphatic rings. The zero-order chi connectivity index (χ0) is 17.1. The topological polar surface area (TPSA) is 79.5 Å². The van der Waals surface area contributed by atoms with Crippen LogP contribution in [0.4, 0.5) is 0 Å². The molecule has 0 fully saturated rings. The number of amides is 1. The van der Waals surface area contributed by atoms with Crippen molar-refractivity contribution in [2.24, 2.45) is 0 Å². The van der Waals surface area contributed by atoms with Crippen molar-refractivity contribution >= 4 is 17.7 Å². The van der Waals surface area contributed by atoms with E-state index in [1.54, 1.807) is 4.90 Å². The normalized spacial score (nSPS) is 13.3. The standard InChI is InChI=1S/C18H18N2O4/c1-12(21)15-8-16(19-9-15)18(23)24-11-17(22)20-7-6-13-4-2-3-5-14(13)10-20/h2-5,8-9,19H,6-7,10-11H2,1H3. The number of rotatable bonds is 4. The first-order valence-electron chi connectivity index (χ1n) is 7.75. The van der Waals surface area contributed by atoms with Gasteiger partial charge in [0.1, 0.15) is 5.69 Å². The van der Waals surface area contributed by atoms with E-state index in [4.69, 9.17) is 4.74 Å². The monoisotopic (exact) mass is 326 g/mol. The Balaban J connectivity index is 1.56. The Morgan fingerprint density at radius 1 is 1.21 bits per heavy atom. The maximum atomic E-state index is 12.2. The van der Waals surface area contributed by atoms with E-state index in [0.29, 0.717) is 18.7 Å². The van der Waals surface area contributed by atoms with Gasteiger partial charge in [-0.1, -0.05) is 24.3 Å². The Morgan fingerprint density at radius 2 is 1.96 bits per heavy atom. The molecule has 0 radical (unpaired) electrons. The third-order valence-corrected chi connectivity index (χ3v) is 4.12. The van der Waals surface area contributed by atoms with Crippen molar-refractivity contribution in [1.29, 1.82) is 0 Å². The number of ketones is 1. The second kappa shape index (κ2) is 6.70. The Bertz CT molecular complexity index is 794. The molecule has 0 spiro atoms. The molecule has 1 aromatic carbocycles. The second-order valence-electron chi connectivity index (χ2n) is 5.77. The number of benzene rings is 1. The molecule has 24 heavy (non-hydrogen) atoms. The minimum Gasteiger partial charge on any atom is -0.451 e. The average Bonchev–Trinajstić information content (AvgIpc) is 3.09. The number of hydrogen-bond acceptors (Lipinski definition) is 4. The summed E-state index contributed by atoms with van der Waals surface area (Å²) < 4.78 is 5.05. The number of aromatic nitrogens is 1. The lowest BCUT2D eigenvalue weighted by Crippen LogP contribution is -2.38. The maximum absolute atomic E-state index is 12.2. The lowest BCUT2D eigenvalue weighted by molar-refractivity contribution is -0.135. The van der Waals surface area contributed by atoms with Gasteiger partial charge in [-0.15, -0.1) is 0 Å². The lowest BCUT2D eigenvalue weighted by atomic mass is 10.00. The molecule has 124 valence electrons. The molecule has 1 aromatic heterocycles. The number of carbonyl (C=O) groups excluding carboxylic acids is 3. The molecule has 1 amide bonds. The number of H-pyrrole nitrogens is 1. The molecule has 6 heteroatoms. The zero-order valence-electron chi connectivity index (χ0n) is 13.4. The lowest BCUT2D eigenvalue weighted by Gasteiger charge is -2.28. The number of nitrogens with one attached hydrogen (secondary N) is 1. The van der Waals surface area contributed by atoms with Crippen LogP contribution in [0.25, 0.3) is 0 Å². The molecule has 1 aliphatic heterocycles. The van der Waals surface area contributed by atoms with E-state index in [-0.39, 0.29) is 24.0 Å². The first-order chi connectivity index (χ1) is 11.5. The van der Waals surface area contributed by atoms with Gasteiger partial charge in [-0.05, 0) is 30.5 Å². The third kappa shape index (κ3) is 3.37. The maximum Gasteiger partial charge on any atom is 0.355 e. The highest BCUT2D eigenvalue weighted by Crippen LogP contribution is 2.18. The molecule has 1 N–H and O–H groups in total. The average molecular weight is 326 g/mol. The van der Waals surface area contributed by atoms with Crippen LogP contribution in [-0.4, -0.2) is 40.7 Å². The molecular formula is C18H18N2O4. The van der Waals surface area contributed by atoms with Crippen LogP contribution in [0.3, 0.4) is 0 Å². The zero-order valence-corrected chi connectivity index (χ0v) is 13.4. The summed E-state index contributed by atoms with van der Waals surface area (Å²) in [6.07, 6.45) is 2.25. The molecule has 2 heterocycles. The van der Waals surface area contributed by atoms with Crippen molar-refractivity contribution in [1.82, 2.24) is 9.88 Å². The van der Waals surface area contributed by atoms with Crippen LogP contribution in [-0.2, 0) is 22.5 Å². The molecule has 2 aromatic rings. The smallest absolute Gasteiger partial charge is 0.355 e. The Hall–Kier alpha value is -2.89. The van der Waals surface area contributed by atoms with Gasteiger partial charge in [0.05, 0.1) is 0 Å². The number of esters is 1. The summed E-state index contributed by atoms with van der Waals surface area (Å²) in [5.41, 5.74) is 2.94. The minimum absolute atomic E-state index is 0.145. The highest BCUT2D eigenvalue weighted by Gasteiger charge is 2.22. The number of nitrogens with zero attached hydrogens (tertiary/aromatic N) is 1. The van der Waals surface area contributed by atoms with Crippen molar-refractivity contribution in [3.63, 3.8) is 0 Å². The molecule has 0 saturated heterocycles. The second-order valence-corrected chi connectivity index (χ2v) is 5.77. The first kappa shape index (κ1) is 16.0. The predicted octanol–water partition coefficient (Wildman–Crippen LogP) is 1.96. The van der Waals surface area contributed by atoms with Crippen LogP contribution in [0.5, 0.6) is 0 Å². The van der Waals surface area contributed by atoms with Crippen LogP contribution >= 0.6 is 0 Å². The molecule has 0 saturated carbocycles. The van der Waals surface area contributed by atoms with Gasteiger partial charge in [-0.3, -0.25) is 9.59 Å². The molecule has 3 rings (SSSR count). The Morgan fingerprint density at radius 3 is 2.67 bits per heavy atom. The van der Waals surface area contributed by atoms with Gasteiger partial charge in [-0.25, -0.2) is 4.79 Å². The summed E-state index contributed by atoms with van der Waals surface area (Å²) in [6, 6.07) is 9.43. The van der Waals surface area contributed by atoms with Gasteiger partial charge < -0.3 is 14.6 Å². The molecule has 0 bridgehead atoms. The molecule has 0 unspecified atom stereocenters. The fraction of sp³-hybridized carbons (Fsp3) is 0.278. The van der Waals surface area contributed by atoms with Crippen molar-refractivity contribution in [2.75, 3.05) is 13.2 Å². The van der Waals surface area contributed by atoms with Crippen LogP contribution in [0.2, 0.25) is 0 Å². The van der Waals surface area contributed by atoms with Crippen molar-refractivity contribution in [3.05, 3.63) is 58.9 Å². The predicted molar refractivity (Wildman–Crippen MR) is 86.6 cm³/mol. The largest absolute Gasteiger partial charge is 0.451 e. The minimum atomic E-state index is -0.645. The van der Waals surface area contributed by atoms with Crippen LogP contribution in [0.1, 0.15) is 38.9 Å². The highest BCUT2D eigenvalue weighted by atomic mass is 16.5. The first-order valence-corrected chi connectivity index (χ1v) is 7.75. The summed E-state index contributed by atoms with van der Waals surface area (Å²) in [6.45, 7) is 2.25. The number of Topliss-reactive ketones (excluding diaryl/α,β-unsaturated/α-hetero) is 1. The summed E-state index contributed by atoms with van der Waals surface area (Å²) in [5, 5.41) is 0. The molecular weight excluding hydrogens is 308 g/mol. The number of aromatic amines is 1. The number of hydrogen-bond donors (Lipinski definition) is 1. The van der Waals surface area contributed by atoms with Gasteiger partial charge in [0.15, 0.2) is 12.4 Å². The molecule has 0 aliphatic carbocycles. The van der Waals surface area contributed by atoms with Crippen LogP contribution in [0, 0.1) is 0 Å². The third-order valence-electron chi connectivity index (χ3n) is 4.12. The SMILES string of the molecule is CC(=O)c1c[nH]c(C(=O)OCC(=O)N2CCc3ccccc3C2)c1. The number of fused-ring (bicyclic) bond motifs is 1. The summed E-state index contributed by atoms with van der Waals surface area (Å²) in [4.78, 5) is 39.8. The molecule has 0 atom stereocenters. The van der Waals surface area contributed by atoms with Gasteiger partial charge >= 0.3 is 5.97 Å². The van der Waals surface area contributed by atoms with Crippen molar-refractivity contribution in [2.45, 2.75) is 19.9 Å². The van der Waals surface area contributed by atoms with Crippen molar-refractivity contribution in [3.8, 4) is 0 Å². The van der Waals surface area contributed by atoms with E-state index in [9.17, 15) is 14.4 Å². The summed E-state index contributed by atoms with van der Waals surface area (Å²) in [7, 11) is 0. The van der Waals surface area contributed by atoms with E-state index >= 15 is 0 Å². The van der Waals surface area contributed by atoms with E-state index in [2.05, 4.69) is 11.1 Å². The summed E-state index contributed by atoms with van der Waals surface area (Å²) >= 11 is 0. The van der Waals surface area contributed by atoms with Gasteiger partial charge in [0.2, 0.25) is 0 Å². The Kier molecular flexibility index (Phi) is 4.46. The Labute approximate surface area is 139 Å². The van der Waals surface area contributed by atoms with Crippen LogP contribution < -0.4 is 0 Å². The van der Waals surface area contributed by atoms with Gasteiger partial charge in [0, 0.05) is 24.8 Å². The summed E-state index contributed by atoms with van der Waals surface area (Å²) in [5.74, 6) is -1.02. The fourth-order valence-corrected chi connectivity index (χ4v) is 2.72. The van der Waals surface area contributed by atoms with Crippen molar-refractivity contribution < 1.29 is 19.1 Å². The fourth-order valence-electron chi connectivity index (χ4n) is 2.72. The number of carbonyl (C=O) groups is 3. The van der Waals surface area contributed by atoms with E-state index in [0.717, 1.165) is 12.0 Å². The number of ether oxygens (including phenoxy) is 1. The molecule has 6 nitrogen and oxygen atoms in total. The van der Waals surface area contributed by atoms with Gasteiger partial charge in [-0.2, -0.15) is 0 Å².